The van der Waals surface area contributed by atoms with Crippen molar-refractivity contribution < 1.29 is 70.2 Å². The van der Waals surface area contributed by atoms with Crippen LogP contribution in [-0.2, 0) is 0 Å². The average molecular weight is 404 g/mol. The summed E-state index contributed by atoms with van der Waals surface area (Å²) in [4.78, 5) is 0. The third-order valence-electron chi connectivity index (χ3n) is 2.57. The van der Waals surface area contributed by atoms with E-state index in [0.29, 0.717) is 0 Å². The topological polar surface area (TPSA) is 0 Å². The molecule has 0 aliphatic rings. The van der Waals surface area contributed by atoms with Gasteiger partial charge in [0.25, 0.3) is 0 Å². The molecule has 0 aromatic rings. The summed E-state index contributed by atoms with van der Waals surface area (Å²) >= 11 is 0. The van der Waals surface area contributed by atoms with Crippen LogP contribution in [0.4, 0.5) is 70.2 Å². The first-order valence-corrected chi connectivity index (χ1v) is 6.52. The van der Waals surface area contributed by atoms with Gasteiger partial charge in [-0.05, 0) is 0 Å². The highest BCUT2D eigenvalue weighted by Crippen LogP contribution is 2.64. The molecule has 0 bridgehead atoms. The van der Waals surface area contributed by atoms with Crippen molar-refractivity contribution in [2.45, 2.75) is 35.0 Å². The minimum atomic E-state index is -10.8. The van der Waals surface area contributed by atoms with Crippen molar-refractivity contribution in [2.24, 2.45) is 0 Å². The molecule has 0 spiro atoms. The Morgan fingerprint density at radius 1 is 0.348 bits per heavy atom. The maximum atomic E-state index is 13.3. The first-order chi connectivity index (χ1) is 9.50. The van der Waals surface area contributed by atoms with Crippen LogP contribution in [-0.4, -0.2) is 43.1 Å². The van der Waals surface area contributed by atoms with Crippen molar-refractivity contribution in [1.82, 2.24) is 0 Å². The number of alkyl halides is 16. The Bertz CT molecular complexity index is 376. The Morgan fingerprint density at radius 3 is 0.565 bits per heavy atom. The van der Waals surface area contributed by atoms with Crippen LogP contribution in [0.2, 0.25) is 0 Å². The van der Waals surface area contributed by atoms with Gasteiger partial charge in [0.1, 0.15) is 0 Å². The summed E-state index contributed by atoms with van der Waals surface area (Å²) in [6.07, 6.45) is -16.4. The van der Waals surface area contributed by atoms with Gasteiger partial charge in [0.05, 0.1) is 0 Å². The molecule has 0 N–H and O–H groups in total. The number of halogens is 16. The lowest BCUT2D eigenvalue weighted by atomic mass is 10.3. The van der Waals surface area contributed by atoms with Gasteiger partial charge in [0.2, 0.25) is 0 Å². The lowest BCUT2D eigenvalue weighted by Crippen LogP contribution is -2.88. The molecule has 0 saturated carbocycles. The van der Waals surface area contributed by atoms with Gasteiger partial charge < -0.3 is 0 Å². The van der Waals surface area contributed by atoms with Crippen LogP contribution in [0.25, 0.3) is 0 Å². The van der Waals surface area contributed by atoms with Crippen molar-refractivity contribution in [3.05, 3.63) is 0 Å². The van der Waals surface area contributed by atoms with Gasteiger partial charge in [-0.2, -0.15) is 65.9 Å². The first kappa shape index (κ1) is 22.1. The number of hydrogen-bond acceptors (Lipinski definition) is 0. The zero-order chi connectivity index (χ0) is 19.5. The second-order valence-corrected chi connectivity index (χ2v) is 7.79. The maximum Gasteiger partial charge on any atom is 0.482 e. The molecule has 0 nitrogen and oxygen atoms in total. The molecule has 0 aliphatic carbocycles. The minimum absolute atomic E-state index is 8.20. The predicted octanol–water partition coefficient (Wildman–Crippen LogP) is 5.11. The van der Waals surface area contributed by atoms with E-state index in [9.17, 15) is 70.2 Å². The second-order valence-electron chi connectivity index (χ2n) is 3.90. The zero-order valence-corrected chi connectivity index (χ0v) is 10.5. The largest absolute Gasteiger partial charge is 0.482 e. The summed E-state index contributed by atoms with van der Waals surface area (Å²) in [6.45, 7) is 0. The Labute approximate surface area is 115 Å². The molecule has 0 aromatic heterocycles. The lowest BCUT2D eigenvalue weighted by Gasteiger charge is -2.45. The van der Waals surface area contributed by atoms with Crippen LogP contribution in [0, 0.1) is 0 Å². The van der Waals surface area contributed by atoms with Gasteiger partial charge in [0.15, 0.2) is 0 Å². The van der Waals surface area contributed by atoms with E-state index in [-0.39, 0.29) is 0 Å². The smallest absolute Gasteiger partial charge is 0.226 e. The molecule has 17 heteroatoms. The third-order valence-corrected chi connectivity index (χ3v) is 6.73. The fourth-order valence-corrected chi connectivity index (χ4v) is 4.64. The van der Waals surface area contributed by atoms with Gasteiger partial charge in [-0.3, -0.25) is 0 Å². The molecule has 0 radical (unpaired) electrons. The van der Waals surface area contributed by atoms with E-state index in [1.54, 1.807) is 0 Å². The average Bonchev–Trinajstić information content (AvgIpc) is 2.05. The highest BCUT2D eigenvalue weighted by Gasteiger charge is 3.05. The van der Waals surface area contributed by atoms with Crippen LogP contribution in [0.1, 0.15) is 0 Å². The fraction of sp³-hybridized carbons (Fsp3) is 1.00. The zero-order valence-electron chi connectivity index (χ0n) is 9.55. The van der Waals surface area contributed by atoms with Gasteiger partial charge in [-0.15, -0.1) is 0 Å². The quantitative estimate of drug-likeness (QED) is 0.421. The van der Waals surface area contributed by atoms with E-state index in [0.717, 1.165) is 0 Å². The Balaban J connectivity index is 7.46. The highest BCUT2D eigenvalue weighted by atomic mass is 28.3. The molecule has 0 rings (SSSR count). The first-order valence-electron chi connectivity index (χ1n) is 4.52. The molecule has 23 heavy (non-hydrogen) atoms. The van der Waals surface area contributed by atoms with Crippen molar-refractivity contribution in [1.29, 1.82) is 0 Å². The fourth-order valence-electron chi connectivity index (χ4n) is 1.65. The van der Waals surface area contributed by atoms with Crippen LogP contribution in [0.15, 0.2) is 0 Å². The van der Waals surface area contributed by atoms with E-state index >= 15 is 0 Å². The summed E-state index contributed by atoms with van der Waals surface area (Å²) < 4.78 is 197. The standard InChI is InChI=1S/C6F16Si/c7-1(2(8,9)10,3(11,12)13)23(4(14,15)16,5(17,18)19)6(20,21)22. The Morgan fingerprint density at radius 2 is 0.522 bits per heavy atom. The lowest BCUT2D eigenvalue weighted by molar-refractivity contribution is -0.331. The molecule has 0 heterocycles. The molecule has 0 atom stereocenters. The van der Waals surface area contributed by atoms with Gasteiger partial charge in [-0.25, -0.2) is 4.39 Å². The molecule has 0 unspecified atom stereocenters. The summed E-state index contributed by atoms with van der Waals surface area (Å²) in [5.41, 5.74) is 0. The summed E-state index contributed by atoms with van der Waals surface area (Å²) in [5.74, 6) is -24.7. The molecule has 140 valence electrons. The SMILES string of the molecule is FC(F)(F)C(F)(C(F)(F)F)[Si](C(F)(F)F)(C(F)(F)F)C(F)(F)F. The van der Waals surface area contributed by atoms with E-state index in [2.05, 4.69) is 0 Å². The van der Waals surface area contributed by atoms with Gasteiger partial charge >= 0.3 is 43.1 Å². The molecular formula is C6F16Si. The molecule has 0 amide bonds. The highest BCUT2D eigenvalue weighted by molar-refractivity contribution is 6.88. The van der Waals surface area contributed by atoms with Crippen molar-refractivity contribution in [2.75, 3.05) is 0 Å². The Kier molecular flexibility index (Phi) is 4.85. The summed E-state index contributed by atoms with van der Waals surface area (Å²) in [7, 11) is -10.8. The van der Waals surface area contributed by atoms with Gasteiger partial charge in [-0.1, -0.05) is 0 Å². The second kappa shape index (κ2) is 5.04. The van der Waals surface area contributed by atoms with Crippen LogP contribution in [0.5, 0.6) is 0 Å². The van der Waals surface area contributed by atoms with E-state index in [1.807, 2.05) is 0 Å². The Hall–Kier alpha value is -0.903. The summed E-state index contributed by atoms with van der Waals surface area (Å²) in [6, 6.07) is 0. The number of hydrogen-bond donors (Lipinski definition) is 0. The molecule has 0 saturated heterocycles. The summed E-state index contributed by atoms with van der Waals surface area (Å²) in [5, 5.41) is -8.60. The van der Waals surface area contributed by atoms with E-state index in [1.165, 1.54) is 0 Å². The van der Waals surface area contributed by atoms with Crippen molar-refractivity contribution >= 4 is 8.07 Å². The normalized spacial score (nSPS) is 16.7. The van der Waals surface area contributed by atoms with Crippen LogP contribution < -0.4 is 0 Å². The molecule has 0 fully saturated rings. The predicted molar refractivity (Wildman–Crippen MR) is 39.9 cm³/mol. The van der Waals surface area contributed by atoms with Crippen molar-refractivity contribution in [3.8, 4) is 0 Å². The van der Waals surface area contributed by atoms with E-state index in [4.69, 9.17) is 0 Å². The maximum absolute atomic E-state index is 13.3. The van der Waals surface area contributed by atoms with Crippen molar-refractivity contribution in [3.63, 3.8) is 0 Å². The van der Waals surface area contributed by atoms with Gasteiger partial charge in [0, 0.05) is 0 Å². The van der Waals surface area contributed by atoms with E-state index < -0.39 is 43.1 Å². The molecule has 0 aliphatic heterocycles. The monoisotopic (exact) mass is 404 g/mol. The van der Waals surface area contributed by atoms with Crippen LogP contribution in [0.3, 0.4) is 0 Å². The molecule has 0 aromatic carbocycles. The van der Waals surface area contributed by atoms with Crippen LogP contribution >= 0.6 is 0 Å². The third kappa shape index (κ3) is 2.73. The number of rotatable bonds is 1. The molecular weight excluding hydrogens is 404 g/mol. The minimum Gasteiger partial charge on any atom is -0.226 e.